The van der Waals surface area contributed by atoms with E-state index in [0.29, 0.717) is 6.04 Å². The third-order valence-corrected chi connectivity index (χ3v) is 3.58. The molecule has 0 aliphatic rings. The number of rotatable bonds is 5. The smallest absolute Gasteiger partial charge is 0.177 e. The summed E-state index contributed by atoms with van der Waals surface area (Å²) in [7, 11) is 0. The number of aromatic nitrogens is 2. The zero-order chi connectivity index (χ0) is 10.6. The lowest BCUT2D eigenvalue weighted by molar-refractivity contribution is 0.518. The number of hydrogen-bond donors (Lipinski definition) is 1. The van der Waals surface area contributed by atoms with Crippen LogP contribution in [0.5, 0.6) is 0 Å². The summed E-state index contributed by atoms with van der Waals surface area (Å²) >= 11 is 7.22. The van der Waals surface area contributed by atoms with Gasteiger partial charge in [0.1, 0.15) is 0 Å². The summed E-state index contributed by atoms with van der Waals surface area (Å²) < 4.78 is 3.04. The molecule has 0 bridgehead atoms. The first-order valence-electron chi connectivity index (χ1n) is 5.01. The lowest BCUT2D eigenvalue weighted by Crippen LogP contribution is -2.08. The molecule has 0 fully saturated rings. The third kappa shape index (κ3) is 2.89. The summed E-state index contributed by atoms with van der Waals surface area (Å²) in [6.45, 7) is 6.52. The molecule has 0 saturated heterocycles. The molecule has 14 heavy (non-hydrogen) atoms. The molecule has 1 aromatic rings. The van der Waals surface area contributed by atoms with Gasteiger partial charge < -0.3 is 9.55 Å². The minimum absolute atomic E-state index is 0.507. The Morgan fingerprint density at radius 1 is 1.64 bits per heavy atom. The second-order valence-corrected chi connectivity index (χ2v) is 5.22. The number of hydrogen-bond acceptors (Lipinski definition) is 2. The van der Waals surface area contributed by atoms with Gasteiger partial charge in [0.2, 0.25) is 0 Å². The highest BCUT2D eigenvalue weighted by Crippen LogP contribution is 2.17. The fraction of sp³-hybridized carbons (Fsp3) is 0.700. The minimum atomic E-state index is 0.507. The summed E-state index contributed by atoms with van der Waals surface area (Å²) in [6, 6.07) is 0.507. The Labute approximate surface area is 95.1 Å². The van der Waals surface area contributed by atoms with E-state index in [-0.39, 0.29) is 0 Å². The molecule has 1 aromatic heterocycles. The van der Waals surface area contributed by atoms with Gasteiger partial charge in [-0.25, -0.2) is 0 Å². The molecule has 80 valence electrons. The van der Waals surface area contributed by atoms with E-state index in [1.165, 1.54) is 23.6 Å². The van der Waals surface area contributed by atoms with E-state index in [4.69, 9.17) is 12.2 Å². The molecule has 0 amide bonds. The van der Waals surface area contributed by atoms with E-state index in [0.717, 1.165) is 4.77 Å². The number of aryl methyl sites for hydroxylation is 1. The first-order chi connectivity index (χ1) is 6.66. The van der Waals surface area contributed by atoms with E-state index >= 15 is 0 Å². The Morgan fingerprint density at radius 3 is 2.86 bits per heavy atom. The fourth-order valence-electron chi connectivity index (χ4n) is 1.54. The number of imidazole rings is 1. The van der Waals surface area contributed by atoms with Crippen molar-refractivity contribution in [2.75, 3.05) is 11.5 Å². The molecule has 0 aliphatic heterocycles. The number of H-pyrrole nitrogens is 1. The summed E-state index contributed by atoms with van der Waals surface area (Å²) in [6.07, 6.45) is 3.16. The molecule has 0 spiro atoms. The topological polar surface area (TPSA) is 20.7 Å². The molecule has 1 rings (SSSR count). The maximum Gasteiger partial charge on any atom is 0.177 e. The third-order valence-electron chi connectivity index (χ3n) is 2.33. The second kappa shape index (κ2) is 5.61. The van der Waals surface area contributed by atoms with Crippen LogP contribution in [0.2, 0.25) is 0 Å². The molecule has 4 heteroatoms. The van der Waals surface area contributed by atoms with Gasteiger partial charge in [0.25, 0.3) is 0 Å². The SMILES string of the molecule is CCSCCC(C)n1c(C)c[nH]c1=S. The maximum atomic E-state index is 5.23. The fourth-order valence-corrected chi connectivity index (χ4v) is 2.72. The highest BCUT2D eigenvalue weighted by atomic mass is 32.2. The van der Waals surface area contributed by atoms with E-state index in [9.17, 15) is 0 Å². The summed E-state index contributed by atoms with van der Waals surface area (Å²) in [5, 5.41) is 0. The Bertz CT molecular complexity index is 327. The molecule has 2 nitrogen and oxygen atoms in total. The van der Waals surface area contributed by atoms with Crippen LogP contribution >= 0.6 is 24.0 Å². The normalized spacial score (nSPS) is 13.1. The second-order valence-electron chi connectivity index (χ2n) is 3.44. The van der Waals surface area contributed by atoms with Crippen LogP contribution in [-0.4, -0.2) is 21.1 Å². The van der Waals surface area contributed by atoms with Crippen molar-refractivity contribution in [2.45, 2.75) is 33.2 Å². The molecule has 1 unspecified atom stereocenters. The van der Waals surface area contributed by atoms with Crippen molar-refractivity contribution >= 4 is 24.0 Å². The van der Waals surface area contributed by atoms with Crippen molar-refractivity contribution in [3.8, 4) is 0 Å². The number of thioether (sulfide) groups is 1. The molecular weight excluding hydrogens is 212 g/mol. The van der Waals surface area contributed by atoms with Crippen molar-refractivity contribution in [3.05, 3.63) is 16.7 Å². The van der Waals surface area contributed by atoms with Gasteiger partial charge in [-0.15, -0.1) is 0 Å². The van der Waals surface area contributed by atoms with Gasteiger partial charge in [-0.3, -0.25) is 0 Å². The highest BCUT2D eigenvalue weighted by Gasteiger charge is 2.07. The predicted octanol–water partition coefficient (Wildman–Crippen LogP) is 3.56. The average molecular weight is 230 g/mol. The van der Waals surface area contributed by atoms with Gasteiger partial charge in [0.05, 0.1) is 0 Å². The number of nitrogens with zero attached hydrogens (tertiary/aromatic N) is 1. The van der Waals surface area contributed by atoms with Gasteiger partial charge in [-0.2, -0.15) is 11.8 Å². The average Bonchev–Trinajstić information content (AvgIpc) is 2.46. The molecule has 1 atom stereocenters. The van der Waals surface area contributed by atoms with Crippen LogP contribution in [0.3, 0.4) is 0 Å². The van der Waals surface area contributed by atoms with Gasteiger partial charge in [-0.1, -0.05) is 6.92 Å². The van der Waals surface area contributed by atoms with E-state index < -0.39 is 0 Å². The summed E-state index contributed by atoms with van der Waals surface area (Å²) in [5.74, 6) is 2.41. The minimum Gasteiger partial charge on any atom is -0.337 e. The lowest BCUT2D eigenvalue weighted by Gasteiger charge is -2.14. The van der Waals surface area contributed by atoms with E-state index in [1.54, 1.807) is 0 Å². The first-order valence-corrected chi connectivity index (χ1v) is 6.57. The van der Waals surface area contributed by atoms with Crippen LogP contribution in [0.1, 0.15) is 32.0 Å². The van der Waals surface area contributed by atoms with Gasteiger partial charge in [0, 0.05) is 17.9 Å². The number of nitrogens with one attached hydrogen (secondary N) is 1. The van der Waals surface area contributed by atoms with Crippen LogP contribution in [0.4, 0.5) is 0 Å². The Balaban J connectivity index is 2.60. The van der Waals surface area contributed by atoms with Crippen molar-refractivity contribution in [1.82, 2.24) is 9.55 Å². The quantitative estimate of drug-likeness (QED) is 0.617. The highest BCUT2D eigenvalue weighted by molar-refractivity contribution is 7.99. The van der Waals surface area contributed by atoms with E-state index in [2.05, 4.69) is 30.3 Å². The van der Waals surface area contributed by atoms with Crippen LogP contribution in [0, 0.1) is 11.7 Å². The zero-order valence-corrected chi connectivity index (χ0v) is 10.7. The Hall–Kier alpha value is -0.220. The van der Waals surface area contributed by atoms with Crippen molar-refractivity contribution in [2.24, 2.45) is 0 Å². The molecule has 1 N–H and O–H groups in total. The largest absolute Gasteiger partial charge is 0.337 e. The molecule has 0 aromatic carbocycles. The Morgan fingerprint density at radius 2 is 2.36 bits per heavy atom. The Kier molecular flexibility index (Phi) is 4.75. The molecular formula is C10H18N2S2. The molecule has 0 aliphatic carbocycles. The van der Waals surface area contributed by atoms with E-state index in [1.807, 2.05) is 18.0 Å². The lowest BCUT2D eigenvalue weighted by atomic mass is 10.2. The van der Waals surface area contributed by atoms with Crippen LogP contribution in [0.25, 0.3) is 0 Å². The predicted molar refractivity (Wildman–Crippen MR) is 66.7 cm³/mol. The van der Waals surface area contributed by atoms with Crippen LogP contribution in [-0.2, 0) is 0 Å². The number of aromatic amines is 1. The maximum absolute atomic E-state index is 5.23. The van der Waals surface area contributed by atoms with Gasteiger partial charge in [-0.05, 0) is 44.0 Å². The summed E-state index contributed by atoms with van der Waals surface area (Å²) in [5.41, 5.74) is 1.23. The first kappa shape index (κ1) is 11.9. The standard InChI is InChI=1S/C10H18N2S2/c1-4-14-6-5-8(2)12-9(3)7-11-10(12)13/h7-8H,4-6H2,1-3H3,(H,11,13). The van der Waals surface area contributed by atoms with Crippen molar-refractivity contribution in [3.63, 3.8) is 0 Å². The van der Waals surface area contributed by atoms with Gasteiger partial charge >= 0.3 is 0 Å². The van der Waals surface area contributed by atoms with Crippen molar-refractivity contribution in [1.29, 1.82) is 0 Å². The van der Waals surface area contributed by atoms with Gasteiger partial charge in [0.15, 0.2) is 4.77 Å². The zero-order valence-electron chi connectivity index (χ0n) is 9.04. The molecule has 0 saturated carbocycles. The van der Waals surface area contributed by atoms with Crippen molar-refractivity contribution < 1.29 is 0 Å². The van der Waals surface area contributed by atoms with Crippen LogP contribution in [0.15, 0.2) is 6.20 Å². The molecule has 0 radical (unpaired) electrons. The molecule has 1 heterocycles. The van der Waals surface area contributed by atoms with Crippen LogP contribution < -0.4 is 0 Å². The monoisotopic (exact) mass is 230 g/mol. The summed E-state index contributed by atoms with van der Waals surface area (Å²) in [4.78, 5) is 3.08.